The molecule has 0 spiro atoms. The predicted octanol–water partition coefficient (Wildman–Crippen LogP) is 4.31. The molecule has 176 valence electrons. The Kier molecular flexibility index (Phi) is 10.6. The zero-order valence-electron chi connectivity index (χ0n) is 19.5. The Morgan fingerprint density at radius 2 is 1.84 bits per heavy atom. The summed E-state index contributed by atoms with van der Waals surface area (Å²) in [6.45, 7) is 7.16. The molecule has 1 aliphatic heterocycles. The monoisotopic (exact) mass is 461 g/mol. The topological polar surface area (TPSA) is 79.9 Å². The van der Waals surface area contributed by atoms with Crippen LogP contribution in [0.5, 0.6) is 0 Å². The van der Waals surface area contributed by atoms with E-state index in [4.69, 9.17) is 21.7 Å². The van der Waals surface area contributed by atoms with Gasteiger partial charge in [0.25, 0.3) is 0 Å². The molecule has 0 fully saturated rings. The number of nitrogens with zero attached hydrogens (tertiary/aromatic N) is 1. The van der Waals surface area contributed by atoms with Crippen LogP contribution in [0.3, 0.4) is 0 Å². The molecule has 0 radical (unpaired) electrons. The minimum atomic E-state index is -0.431. The van der Waals surface area contributed by atoms with Crippen LogP contribution in [-0.2, 0) is 19.1 Å². The molecule has 1 aromatic carbocycles. The second-order valence-corrected chi connectivity index (χ2v) is 8.12. The van der Waals surface area contributed by atoms with Crippen LogP contribution in [0.4, 0.5) is 5.69 Å². The number of benzene rings is 1. The van der Waals surface area contributed by atoms with Gasteiger partial charge in [0.15, 0.2) is 5.11 Å². The summed E-state index contributed by atoms with van der Waals surface area (Å²) < 4.78 is 10.4. The van der Waals surface area contributed by atoms with Gasteiger partial charge in [-0.25, -0.2) is 4.79 Å². The van der Waals surface area contributed by atoms with Crippen molar-refractivity contribution in [1.82, 2.24) is 10.2 Å². The number of carbonyl (C=O) groups is 2. The summed E-state index contributed by atoms with van der Waals surface area (Å²) in [7, 11) is 1.56. The molecule has 32 heavy (non-hydrogen) atoms. The molecule has 0 saturated heterocycles. The summed E-state index contributed by atoms with van der Waals surface area (Å²) >= 11 is 5.52. The van der Waals surface area contributed by atoms with Crippen LogP contribution < -0.4 is 10.6 Å². The van der Waals surface area contributed by atoms with Crippen molar-refractivity contribution < 1.29 is 19.1 Å². The molecular weight excluding hydrogens is 426 g/mol. The molecule has 1 unspecified atom stereocenters. The number of carbonyl (C=O) groups excluding carboxylic acids is 2. The molecule has 0 aromatic heterocycles. The normalized spacial score (nSPS) is 16.1. The van der Waals surface area contributed by atoms with E-state index in [0.29, 0.717) is 30.3 Å². The average Bonchev–Trinajstić information content (AvgIpc) is 2.77. The van der Waals surface area contributed by atoms with Crippen LogP contribution in [0, 0.1) is 0 Å². The Labute approximate surface area is 196 Å². The summed E-state index contributed by atoms with van der Waals surface area (Å²) in [6.07, 6.45) is 4.78. The first-order valence-electron chi connectivity index (χ1n) is 11.3. The van der Waals surface area contributed by atoms with Gasteiger partial charge in [-0.1, -0.05) is 38.3 Å². The molecule has 0 bridgehead atoms. The molecule has 1 aliphatic rings. The summed E-state index contributed by atoms with van der Waals surface area (Å²) in [5, 5.41) is 6.77. The van der Waals surface area contributed by atoms with E-state index in [1.54, 1.807) is 7.11 Å². The fraction of sp³-hybridized carbons (Fsp3) is 0.542. The van der Waals surface area contributed by atoms with Crippen LogP contribution in [-0.4, -0.2) is 48.8 Å². The fourth-order valence-corrected chi connectivity index (χ4v) is 4.05. The Bertz CT molecular complexity index is 823. The van der Waals surface area contributed by atoms with Crippen molar-refractivity contribution >= 4 is 34.9 Å². The lowest BCUT2D eigenvalue weighted by Gasteiger charge is -2.37. The van der Waals surface area contributed by atoms with E-state index in [1.807, 2.05) is 43.0 Å². The third-order valence-corrected chi connectivity index (χ3v) is 5.78. The molecule has 8 heteroatoms. The number of nitrogens with one attached hydrogen (secondary N) is 2. The lowest BCUT2D eigenvalue weighted by atomic mass is 9.95. The molecule has 1 heterocycles. The fourth-order valence-electron chi connectivity index (χ4n) is 3.67. The number of hydrogen-bond acceptors (Lipinski definition) is 5. The molecular formula is C24H35N3O4S. The zero-order chi connectivity index (χ0) is 23.5. The number of esters is 1. The lowest BCUT2D eigenvalue weighted by molar-refractivity contribution is -0.140. The maximum Gasteiger partial charge on any atom is 0.338 e. The van der Waals surface area contributed by atoms with Crippen LogP contribution in [0.2, 0.25) is 0 Å². The minimum Gasteiger partial charge on any atom is -0.460 e. The smallest absolute Gasteiger partial charge is 0.338 e. The molecule has 1 amide bonds. The van der Waals surface area contributed by atoms with Crippen molar-refractivity contribution in [2.75, 3.05) is 32.2 Å². The number of methoxy groups -OCH3 is 1. The molecule has 0 saturated carbocycles. The van der Waals surface area contributed by atoms with Crippen molar-refractivity contribution in [2.45, 2.75) is 58.9 Å². The van der Waals surface area contributed by atoms with Gasteiger partial charge in [0, 0.05) is 31.5 Å². The molecule has 2 N–H and O–H groups in total. The number of anilines is 1. The number of unbranched alkanes of at least 4 members (excludes halogenated alkanes) is 3. The van der Waals surface area contributed by atoms with E-state index in [9.17, 15) is 9.59 Å². The van der Waals surface area contributed by atoms with Gasteiger partial charge in [0.1, 0.15) is 6.61 Å². The highest BCUT2D eigenvalue weighted by Crippen LogP contribution is 2.32. The third kappa shape index (κ3) is 7.03. The summed E-state index contributed by atoms with van der Waals surface area (Å²) in [6, 6.07) is 7.05. The molecule has 0 aliphatic carbocycles. The molecule has 1 atom stereocenters. The second-order valence-electron chi connectivity index (χ2n) is 7.74. The third-order valence-electron chi connectivity index (χ3n) is 5.44. The van der Waals surface area contributed by atoms with Crippen molar-refractivity contribution in [1.29, 1.82) is 0 Å². The van der Waals surface area contributed by atoms with Crippen LogP contribution in [0.15, 0.2) is 35.5 Å². The Balaban J connectivity index is 2.16. The Hall–Kier alpha value is -2.45. The van der Waals surface area contributed by atoms with Crippen LogP contribution in [0.25, 0.3) is 0 Å². The Morgan fingerprint density at radius 3 is 2.47 bits per heavy atom. The van der Waals surface area contributed by atoms with Crippen molar-refractivity contribution in [3.05, 3.63) is 41.1 Å². The summed E-state index contributed by atoms with van der Waals surface area (Å²) in [5.74, 6) is -0.384. The first kappa shape index (κ1) is 25.8. The SMILES string of the molecule is CCCCCCC(=O)Nc1ccc(C2NC(=S)N(CC)C(C)=C2C(=O)OCCOC)cc1. The zero-order valence-corrected chi connectivity index (χ0v) is 20.3. The number of hydrogen-bond donors (Lipinski definition) is 2. The summed E-state index contributed by atoms with van der Waals surface area (Å²) in [4.78, 5) is 26.9. The van der Waals surface area contributed by atoms with Crippen molar-refractivity contribution in [3.8, 4) is 0 Å². The van der Waals surface area contributed by atoms with E-state index >= 15 is 0 Å². The van der Waals surface area contributed by atoms with Crippen molar-refractivity contribution in [3.63, 3.8) is 0 Å². The van der Waals surface area contributed by atoms with Gasteiger partial charge in [0.2, 0.25) is 5.91 Å². The number of amides is 1. The molecule has 1 aromatic rings. The highest BCUT2D eigenvalue weighted by molar-refractivity contribution is 7.80. The van der Waals surface area contributed by atoms with E-state index in [0.717, 1.165) is 42.6 Å². The largest absolute Gasteiger partial charge is 0.460 e. The van der Waals surface area contributed by atoms with Crippen LogP contribution in [0.1, 0.15) is 64.5 Å². The number of rotatable bonds is 12. The summed E-state index contributed by atoms with van der Waals surface area (Å²) in [5.41, 5.74) is 2.88. The number of ether oxygens (including phenoxy) is 2. The average molecular weight is 462 g/mol. The second kappa shape index (κ2) is 13.2. The highest BCUT2D eigenvalue weighted by atomic mass is 32.1. The Morgan fingerprint density at radius 1 is 1.12 bits per heavy atom. The van der Waals surface area contributed by atoms with Gasteiger partial charge in [-0.2, -0.15) is 0 Å². The predicted molar refractivity (Wildman–Crippen MR) is 130 cm³/mol. The quantitative estimate of drug-likeness (QED) is 0.273. The van der Waals surface area contributed by atoms with Crippen molar-refractivity contribution in [2.24, 2.45) is 0 Å². The first-order valence-corrected chi connectivity index (χ1v) is 11.7. The van der Waals surface area contributed by atoms with E-state index in [1.165, 1.54) is 0 Å². The molecule has 7 nitrogen and oxygen atoms in total. The van der Waals surface area contributed by atoms with Gasteiger partial charge < -0.3 is 25.0 Å². The van der Waals surface area contributed by atoms with Gasteiger partial charge in [0.05, 0.1) is 18.2 Å². The molecule has 2 rings (SSSR count). The first-order chi connectivity index (χ1) is 15.4. The maximum absolute atomic E-state index is 12.9. The lowest BCUT2D eigenvalue weighted by Crippen LogP contribution is -2.47. The van der Waals surface area contributed by atoms with Gasteiger partial charge >= 0.3 is 5.97 Å². The minimum absolute atomic E-state index is 0.0163. The van der Waals surface area contributed by atoms with Gasteiger partial charge in [-0.3, -0.25) is 4.79 Å². The van der Waals surface area contributed by atoms with Crippen LogP contribution >= 0.6 is 12.2 Å². The van der Waals surface area contributed by atoms with E-state index in [2.05, 4.69) is 17.6 Å². The van der Waals surface area contributed by atoms with Gasteiger partial charge in [-0.05, 0) is 50.2 Å². The highest BCUT2D eigenvalue weighted by Gasteiger charge is 2.34. The van der Waals surface area contributed by atoms with E-state index in [-0.39, 0.29) is 12.5 Å². The number of thiocarbonyl (C=S) groups is 1. The number of allylic oxidation sites excluding steroid dienone is 1. The maximum atomic E-state index is 12.9. The van der Waals surface area contributed by atoms with Gasteiger partial charge in [-0.15, -0.1) is 0 Å². The van der Waals surface area contributed by atoms with E-state index < -0.39 is 12.0 Å². The standard InChI is InChI=1S/C24H35N3O4S/c1-5-7-8-9-10-20(28)25-19-13-11-18(12-14-19)22-21(23(29)31-16-15-30-4)17(3)27(6-2)24(32)26-22/h11-14,22H,5-10,15-16H2,1-4H3,(H,25,28)(H,26,32).